The molecule has 1 saturated carbocycles. The van der Waals surface area contributed by atoms with E-state index in [4.69, 9.17) is 9.47 Å². The van der Waals surface area contributed by atoms with E-state index in [1.54, 1.807) is 13.2 Å². The van der Waals surface area contributed by atoms with Crippen LogP contribution >= 0.6 is 0 Å². The summed E-state index contributed by atoms with van der Waals surface area (Å²) in [6, 6.07) is 7.19. The van der Waals surface area contributed by atoms with Crippen molar-refractivity contribution in [3.05, 3.63) is 29.8 Å². The molecule has 1 N–H and O–H groups in total. The van der Waals surface area contributed by atoms with Gasteiger partial charge >= 0.3 is 0 Å². The van der Waals surface area contributed by atoms with Crippen molar-refractivity contribution in [1.82, 2.24) is 4.90 Å². The average molecular weight is 305 g/mol. The molecule has 0 radical (unpaired) electrons. The van der Waals surface area contributed by atoms with Crippen molar-refractivity contribution >= 4 is 5.91 Å². The van der Waals surface area contributed by atoms with Crippen molar-refractivity contribution in [2.75, 3.05) is 26.9 Å². The maximum absolute atomic E-state index is 12.9. The van der Waals surface area contributed by atoms with Crippen LogP contribution in [0.15, 0.2) is 24.3 Å². The van der Waals surface area contributed by atoms with Gasteiger partial charge in [-0.05, 0) is 31.0 Å². The third kappa shape index (κ3) is 2.96. The highest BCUT2D eigenvalue weighted by Crippen LogP contribution is 2.33. The number of amides is 1. The van der Waals surface area contributed by atoms with Crippen LogP contribution < -0.4 is 4.74 Å². The predicted molar refractivity (Wildman–Crippen MR) is 82.0 cm³/mol. The molecule has 2 aliphatic rings. The lowest BCUT2D eigenvalue weighted by Crippen LogP contribution is -2.53. The first-order chi connectivity index (χ1) is 10.7. The first kappa shape index (κ1) is 15.3. The van der Waals surface area contributed by atoms with Gasteiger partial charge in [0.2, 0.25) is 0 Å². The fourth-order valence-corrected chi connectivity index (χ4v) is 3.57. The average Bonchev–Trinajstić information content (AvgIpc) is 3.00. The molecule has 1 aromatic rings. The molecule has 0 aromatic heterocycles. The van der Waals surface area contributed by atoms with Gasteiger partial charge in [-0.15, -0.1) is 0 Å². The topological polar surface area (TPSA) is 59.0 Å². The van der Waals surface area contributed by atoms with Gasteiger partial charge in [0.25, 0.3) is 5.91 Å². The third-order valence-electron chi connectivity index (χ3n) is 4.77. The SMILES string of the molecule is COc1cccc(C(=O)N2CCOCC2C2CCCC2O)c1. The van der Waals surface area contributed by atoms with Gasteiger partial charge < -0.3 is 19.5 Å². The molecule has 5 nitrogen and oxygen atoms in total. The maximum atomic E-state index is 12.9. The van der Waals surface area contributed by atoms with E-state index in [1.807, 2.05) is 23.1 Å². The number of methoxy groups -OCH3 is 1. The van der Waals surface area contributed by atoms with Crippen LogP contribution in [0.25, 0.3) is 0 Å². The van der Waals surface area contributed by atoms with Crippen LogP contribution in [0.5, 0.6) is 5.75 Å². The van der Waals surface area contributed by atoms with E-state index >= 15 is 0 Å². The third-order valence-corrected chi connectivity index (χ3v) is 4.77. The highest BCUT2D eigenvalue weighted by Gasteiger charge is 2.39. The number of ether oxygens (including phenoxy) is 2. The minimum atomic E-state index is -0.327. The summed E-state index contributed by atoms with van der Waals surface area (Å²) in [4.78, 5) is 14.7. The van der Waals surface area contributed by atoms with Gasteiger partial charge in [0.1, 0.15) is 5.75 Å². The number of aliphatic hydroxyl groups excluding tert-OH is 1. The van der Waals surface area contributed by atoms with Crippen LogP contribution in [0, 0.1) is 5.92 Å². The second-order valence-electron chi connectivity index (χ2n) is 6.03. The molecular formula is C17H23NO4. The molecule has 5 heteroatoms. The minimum absolute atomic E-state index is 0.00806. The summed E-state index contributed by atoms with van der Waals surface area (Å²) in [6.45, 7) is 1.64. The van der Waals surface area contributed by atoms with E-state index in [9.17, 15) is 9.90 Å². The highest BCUT2D eigenvalue weighted by molar-refractivity contribution is 5.95. The Bertz CT molecular complexity index is 533. The molecule has 1 saturated heterocycles. The Morgan fingerprint density at radius 2 is 2.27 bits per heavy atom. The van der Waals surface area contributed by atoms with E-state index in [0.717, 1.165) is 19.3 Å². The molecule has 1 aliphatic carbocycles. The smallest absolute Gasteiger partial charge is 0.254 e. The molecule has 3 atom stereocenters. The van der Waals surface area contributed by atoms with E-state index in [-0.39, 0.29) is 24.0 Å². The molecule has 0 bridgehead atoms. The van der Waals surface area contributed by atoms with Crippen LogP contribution in [-0.2, 0) is 4.74 Å². The minimum Gasteiger partial charge on any atom is -0.497 e. The molecule has 1 aliphatic heterocycles. The summed E-state index contributed by atoms with van der Waals surface area (Å²) >= 11 is 0. The predicted octanol–water partition coefficient (Wildman–Crippen LogP) is 1.70. The van der Waals surface area contributed by atoms with Gasteiger partial charge in [0.15, 0.2) is 0 Å². The zero-order valence-corrected chi connectivity index (χ0v) is 12.9. The first-order valence-corrected chi connectivity index (χ1v) is 7.91. The normalized spacial score (nSPS) is 28.6. The zero-order chi connectivity index (χ0) is 15.5. The second kappa shape index (κ2) is 6.67. The fraction of sp³-hybridized carbons (Fsp3) is 0.588. The summed E-state index contributed by atoms with van der Waals surface area (Å²) < 4.78 is 10.8. The Labute approximate surface area is 130 Å². The Kier molecular flexibility index (Phi) is 4.64. The largest absolute Gasteiger partial charge is 0.497 e. The van der Waals surface area contributed by atoms with E-state index in [0.29, 0.717) is 31.1 Å². The molecule has 22 heavy (non-hydrogen) atoms. The van der Waals surface area contributed by atoms with Crippen LogP contribution in [0.3, 0.4) is 0 Å². The summed E-state index contributed by atoms with van der Waals surface area (Å²) in [5.74, 6) is 0.790. The van der Waals surface area contributed by atoms with Gasteiger partial charge in [0, 0.05) is 18.0 Å². The second-order valence-corrected chi connectivity index (χ2v) is 6.03. The molecule has 1 aromatic carbocycles. The number of morpholine rings is 1. The van der Waals surface area contributed by atoms with Crippen molar-refractivity contribution in [2.45, 2.75) is 31.4 Å². The number of hydrogen-bond donors (Lipinski definition) is 1. The lowest BCUT2D eigenvalue weighted by Gasteiger charge is -2.40. The van der Waals surface area contributed by atoms with Gasteiger partial charge in [0.05, 0.1) is 32.5 Å². The Morgan fingerprint density at radius 3 is 3.00 bits per heavy atom. The molecule has 0 spiro atoms. The molecule has 1 amide bonds. The zero-order valence-electron chi connectivity index (χ0n) is 12.9. The van der Waals surface area contributed by atoms with Gasteiger partial charge in [-0.25, -0.2) is 0 Å². The molecule has 3 rings (SSSR count). The standard InChI is InChI=1S/C17H23NO4/c1-21-13-5-2-4-12(10-13)17(20)18-8-9-22-11-15(18)14-6-3-7-16(14)19/h2,4-5,10,14-16,19H,3,6-9,11H2,1H3. The van der Waals surface area contributed by atoms with Gasteiger partial charge in [-0.1, -0.05) is 12.5 Å². The number of carbonyl (C=O) groups excluding carboxylic acids is 1. The number of nitrogens with zero attached hydrogens (tertiary/aromatic N) is 1. The number of hydrogen-bond acceptors (Lipinski definition) is 4. The van der Waals surface area contributed by atoms with Crippen molar-refractivity contribution in [3.63, 3.8) is 0 Å². The maximum Gasteiger partial charge on any atom is 0.254 e. The monoisotopic (exact) mass is 305 g/mol. The lowest BCUT2D eigenvalue weighted by atomic mass is 9.93. The Morgan fingerprint density at radius 1 is 1.41 bits per heavy atom. The summed E-state index contributed by atoms with van der Waals surface area (Å²) in [6.07, 6.45) is 2.47. The van der Waals surface area contributed by atoms with E-state index in [2.05, 4.69) is 0 Å². The first-order valence-electron chi connectivity index (χ1n) is 7.91. The lowest BCUT2D eigenvalue weighted by molar-refractivity contribution is -0.0383. The van der Waals surface area contributed by atoms with Gasteiger partial charge in [-0.3, -0.25) is 4.79 Å². The van der Waals surface area contributed by atoms with Crippen LogP contribution in [0.2, 0.25) is 0 Å². The number of benzene rings is 1. The number of rotatable bonds is 3. The molecule has 120 valence electrons. The quantitative estimate of drug-likeness (QED) is 0.923. The molecule has 2 fully saturated rings. The summed E-state index contributed by atoms with van der Waals surface area (Å²) in [5, 5.41) is 10.2. The van der Waals surface area contributed by atoms with Crippen LogP contribution in [-0.4, -0.2) is 54.9 Å². The van der Waals surface area contributed by atoms with Crippen LogP contribution in [0.4, 0.5) is 0 Å². The van der Waals surface area contributed by atoms with Crippen molar-refractivity contribution < 1.29 is 19.4 Å². The molecular weight excluding hydrogens is 282 g/mol. The van der Waals surface area contributed by atoms with Crippen molar-refractivity contribution in [1.29, 1.82) is 0 Å². The molecule has 3 unspecified atom stereocenters. The van der Waals surface area contributed by atoms with Crippen molar-refractivity contribution in [2.24, 2.45) is 5.92 Å². The van der Waals surface area contributed by atoms with Crippen LogP contribution in [0.1, 0.15) is 29.6 Å². The van der Waals surface area contributed by atoms with E-state index in [1.165, 1.54) is 0 Å². The number of carbonyl (C=O) groups is 1. The summed E-state index contributed by atoms with van der Waals surface area (Å²) in [5.41, 5.74) is 0.624. The molecule has 1 heterocycles. The Hall–Kier alpha value is -1.59. The van der Waals surface area contributed by atoms with E-state index < -0.39 is 0 Å². The highest BCUT2D eigenvalue weighted by atomic mass is 16.5. The van der Waals surface area contributed by atoms with Gasteiger partial charge in [-0.2, -0.15) is 0 Å². The van der Waals surface area contributed by atoms with Crippen molar-refractivity contribution in [3.8, 4) is 5.75 Å². The number of aliphatic hydroxyl groups is 1. The Balaban J connectivity index is 1.81. The summed E-state index contributed by atoms with van der Waals surface area (Å²) in [7, 11) is 1.59. The fourth-order valence-electron chi connectivity index (χ4n) is 3.57.